The van der Waals surface area contributed by atoms with Crippen LogP contribution in [0.3, 0.4) is 0 Å². The molecule has 0 heterocycles. The number of esters is 2. The highest BCUT2D eigenvalue weighted by Gasteiger charge is 2.40. The van der Waals surface area contributed by atoms with Crippen molar-refractivity contribution in [3.63, 3.8) is 0 Å². The second-order valence-corrected chi connectivity index (χ2v) is 6.70. The normalized spacial score (nSPS) is 18.7. The minimum atomic E-state index is -0.918. The molecule has 140 valence electrons. The summed E-state index contributed by atoms with van der Waals surface area (Å²) in [6.45, 7) is 2.04. The molecule has 1 fully saturated rings. The average molecular weight is 361 g/mol. The number of benzene rings is 1. The van der Waals surface area contributed by atoms with E-state index in [-0.39, 0.29) is 5.41 Å². The summed E-state index contributed by atoms with van der Waals surface area (Å²) in [5.74, 6) is -2.60. The Balaban J connectivity index is 1.84. The third-order valence-corrected chi connectivity index (χ3v) is 4.54. The van der Waals surface area contributed by atoms with Crippen LogP contribution in [0.1, 0.15) is 43.0 Å². The van der Waals surface area contributed by atoms with E-state index in [1.807, 2.05) is 13.0 Å². The summed E-state index contributed by atoms with van der Waals surface area (Å²) in [4.78, 5) is 40.2. The van der Waals surface area contributed by atoms with Crippen LogP contribution in [-0.2, 0) is 23.9 Å². The molecule has 1 aliphatic carbocycles. The van der Waals surface area contributed by atoms with Crippen LogP contribution in [0.2, 0.25) is 0 Å². The SMILES string of the molecule is COC(=O)C(CCC1(C)CC(=NOC(=O)c2ccccc2)C1)C(=O)OC. The predicted octanol–water partition coefficient (Wildman–Crippen LogP) is 2.74. The average Bonchev–Trinajstić information content (AvgIpc) is 2.64. The molecule has 0 atom stereocenters. The molecule has 0 unspecified atom stereocenters. The van der Waals surface area contributed by atoms with Gasteiger partial charge in [-0.05, 0) is 43.2 Å². The van der Waals surface area contributed by atoms with Gasteiger partial charge in [-0.15, -0.1) is 0 Å². The quantitative estimate of drug-likeness (QED) is 0.321. The number of hydrogen-bond acceptors (Lipinski definition) is 7. The van der Waals surface area contributed by atoms with E-state index in [0.29, 0.717) is 31.2 Å². The summed E-state index contributed by atoms with van der Waals surface area (Å²) < 4.78 is 9.32. The summed E-state index contributed by atoms with van der Waals surface area (Å²) in [7, 11) is 2.49. The fourth-order valence-corrected chi connectivity index (χ4v) is 3.02. The first kappa shape index (κ1) is 19.6. The molecule has 1 aromatic carbocycles. The van der Waals surface area contributed by atoms with Crippen LogP contribution in [0, 0.1) is 11.3 Å². The molecule has 0 saturated heterocycles. The minimum Gasteiger partial charge on any atom is -0.468 e. The minimum absolute atomic E-state index is 0.0989. The van der Waals surface area contributed by atoms with Crippen molar-refractivity contribution in [2.45, 2.75) is 32.6 Å². The second-order valence-electron chi connectivity index (χ2n) is 6.70. The van der Waals surface area contributed by atoms with E-state index in [9.17, 15) is 14.4 Å². The van der Waals surface area contributed by atoms with E-state index < -0.39 is 23.8 Å². The number of rotatable bonds is 7. The molecule has 7 heteroatoms. The summed E-state index contributed by atoms with van der Waals surface area (Å²) >= 11 is 0. The van der Waals surface area contributed by atoms with Gasteiger partial charge in [-0.2, -0.15) is 0 Å². The van der Waals surface area contributed by atoms with Gasteiger partial charge < -0.3 is 14.3 Å². The molecule has 1 saturated carbocycles. The van der Waals surface area contributed by atoms with Gasteiger partial charge in [-0.25, -0.2) is 4.79 Å². The Morgan fingerprint density at radius 3 is 2.19 bits per heavy atom. The molecule has 2 rings (SSSR count). The number of methoxy groups -OCH3 is 2. The predicted molar refractivity (Wildman–Crippen MR) is 93.4 cm³/mol. The van der Waals surface area contributed by atoms with Crippen LogP contribution >= 0.6 is 0 Å². The third kappa shape index (κ3) is 4.91. The number of carbonyl (C=O) groups is 3. The number of ether oxygens (including phenoxy) is 2. The van der Waals surface area contributed by atoms with Gasteiger partial charge in [0.1, 0.15) is 0 Å². The zero-order valence-electron chi connectivity index (χ0n) is 15.2. The molecule has 0 aromatic heterocycles. The molecule has 0 amide bonds. The monoisotopic (exact) mass is 361 g/mol. The molecule has 0 aliphatic heterocycles. The van der Waals surface area contributed by atoms with Gasteiger partial charge in [-0.3, -0.25) is 9.59 Å². The summed E-state index contributed by atoms with van der Waals surface area (Å²) in [5, 5.41) is 3.91. The lowest BCUT2D eigenvalue weighted by atomic mass is 9.65. The van der Waals surface area contributed by atoms with Crippen molar-refractivity contribution < 1.29 is 28.7 Å². The first-order valence-electron chi connectivity index (χ1n) is 8.36. The van der Waals surface area contributed by atoms with Crippen molar-refractivity contribution in [1.29, 1.82) is 0 Å². The van der Waals surface area contributed by atoms with Gasteiger partial charge in [0, 0.05) is 0 Å². The van der Waals surface area contributed by atoms with Gasteiger partial charge in [0.25, 0.3) is 0 Å². The first-order chi connectivity index (χ1) is 12.4. The molecular weight excluding hydrogens is 338 g/mol. The van der Waals surface area contributed by atoms with Gasteiger partial charge in [0.15, 0.2) is 5.92 Å². The maximum absolute atomic E-state index is 11.8. The van der Waals surface area contributed by atoms with Crippen molar-refractivity contribution in [1.82, 2.24) is 0 Å². The van der Waals surface area contributed by atoms with Crippen LogP contribution < -0.4 is 0 Å². The Bertz CT molecular complexity index is 673. The van der Waals surface area contributed by atoms with Gasteiger partial charge in [0.2, 0.25) is 0 Å². The molecular formula is C19H23NO6. The Labute approximate surface area is 152 Å². The summed E-state index contributed by atoms with van der Waals surface area (Å²) in [6, 6.07) is 8.64. The standard InChI is InChI=1S/C19H23NO6/c1-19(10-9-15(17(22)24-2)18(23)25-3)11-14(12-19)20-26-16(21)13-7-5-4-6-8-13/h4-8,15H,9-12H2,1-3H3. The lowest BCUT2D eigenvalue weighted by Gasteiger charge is -2.39. The fourth-order valence-electron chi connectivity index (χ4n) is 3.02. The Kier molecular flexibility index (Phi) is 6.49. The highest BCUT2D eigenvalue weighted by molar-refractivity contribution is 5.95. The lowest BCUT2D eigenvalue weighted by molar-refractivity contribution is -0.159. The molecule has 0 spiro atoms. The Morgan fingerprint density at radius 2 is 1.65 bits per heavy atom. The van der Waals surface area contributed by atoms with E-state index in [0.717, 1.165) is 5.71 Å². The second kappa shape index (κ2) is 8.60. The maximum atomic E-state index is 11.8. The van der Waals surface area contributed by atoms with E-state index in [1.54, 1.807) is 24.3 Å². The highest BCUT2D eigenvalue weighted by Crippen LogP contribution is 2.43. The van der Waals surface area contributed by atoms with E-state index in [2.05, 4.69) is 14.6 Å². The molecule has 0 N–H and O–H groups in total. The molecule has 1 aromatic rings. The smallest absolute Gasteiger partial charge is 0.365 e. The van der Waals surface area contributed by atoms with Gasteiger partial charge >= 0.3 is 17.9 Å². The topological polar surface area (TPSA) is 91.3 Å². The fraction of sp³-hybridized carbons (Fsp3) is 0.474. The van der Waals surface area contributed by atoms with Crippen molar-refractivity contribution in [3.05, 3.63) is 35.9 Å². The Morgan fingerprint density at radius 1 is 1.08 bits per heavy atom. The molecule has 0 radical (unpaired) electrons. The van der Waals surface area contributed by atoms with Crippen LogP contribution in [0.5, 0.6) is 0 Å². The van der Waals surface area contributed by atoms with Crippen LogP contribution in [0.15, 0.2) is 35.5 Å². The summed E-state index contributed by atoms with van der Waals surface area (Å²) in [6.07, 6.45) is 2.26. The maximum Gasteiger partial charge on any atom is 0.365 e. The number of oxime groups is 1. The highest BCUT2D eigenvalue weighted by atomic mass is 16.7. The van der Waals surface area contributed by atoms with E-state index in [1.165, 1.54) is 14.2 Å². The third-order valence-electron chi connectivity index (χ3n) is 4.54. The number of hydrogen-bond donors (Lipinski definition) is 0. The zero-order chi connectivity index (χ0) is 19.2. The number of nitrogens with zero attached hydrogens (tertiary/aromatic N) is 1. The zero-order valence-corrected chi connectivity index (χ0v) is 15.2. The molecule has 0 bridgehead atoms. The first-order valence-corrected chi connectivity index (χ1v) is 8.36. The molecule has 26 heavy (non-hydrogen) atoms. The van der Waals surface area contributed by atoms with Crippen molar-refractivity contribution in [2.75, 3.05) is 14.2 Å². The van der Waals surface area contributed by atoms with Gasteiger partial charge in [0.05, 0.1) is 25.5 Å². The Hall–Kier alpha value is -2.70. The lowest BCUT2D eigenvalue weighted by Crippen LogP contribution is -2.37. The van der Waals surface area contributed by atoms with Crippen molar-refractivity contribution in [2.24, 2.45) is 16.5 Å². The van der Waals surface area contributed by atoms with Crippen molar-refractivity contribution in [3.8, 4) is 0 Å². The number of carbonyl (C=O) groups excluding carboxylic acids is 3. The van der Waals surface area contributed by atoms with Gasteiger partial charge in [-0.1, -0.05) is 30.3 Å². The van der Waals surface area contributed by atoms with Crippen LogP contribution in [-0.4, -0.2) is 37.8 Å². The van der Waals surface area contributed by atoms with Crippen molar-refractivity contribution >= 4 is 23.6 Å². The van der Waals surface area contributed by atoms with E-state index >= 15 is 0 Å². The van der Waals surface area contributed by atoms with Crippen LogP contribution in [0.25, 0.3) is 0 Å². The van der Waals surface area contributed by atoms with E-state index in [4.69, 9.17) is 4.84 Å². The molecule has 7 nitrogen and oxygen atoms in total. The molecule has 1 aliphatic rings. The summed E-state index contributed by atoms with van der Waals surface area (Å²) in [5.41, 5.74) is 1.13. The van der Waals surface area contributed by atoms with Crippen LogP contribution in [0.4, 0.5) is 0 Å². The largest absolute Gasteiger partial charge is 0.468 e.